The van der Waals surface area contributed by atoms with Gasteiger partial charge in [-0.15, -0.1) is 0 Å². The summed E-state index contributed by atoms with van der Waals surface area (Å²) >= 11 is 0. The molecule has 35 heavy (non-hydrogen) atoms. The zero-order chi connectivity index (χ0) is 25.7. The Bertz CT molecular complexity index is 1140. The van der Waals surface area contributed by atoms with Crippen molar-refractivity contribution in [2.24, 2.45) is 11.8 Å². The molecule has 1 aliphatic rings. The maximum Gasteiger partial charge on any atom is 0.375 e. The Balaban J connectivity index is 1.77. The predicted octanol–water partition coefficient (Wildman–Crippen LogP) is 3.74. The van der Waals surface area contributed by atoms with Crippen LogP contribution in [0.3, 0.4) is 0 Å². The average molecular weight is 482 g/mol. The van der Waals surface area contributed by atoms with Gasteiger partial charge in [0.25, 0.3) is 5.78 Å². The number of anilines is 1. The number of Topliss-reactive ketones (excluding diaryl/α,β-unsaturated/α-hetero) is 2. The second kappa shape index (κ2) is 11.1. The topological polar surface area (TPSA) is 128 Å². The third-order valence-corrected chi connectivity index (χ3v) is 5.89. The molecule has 2 aromatic rings. The molecule has 0 bridgehead atoms. The number of urea groups is 1. The largest absolute Gasteiger partial charge is 0.489 e. The molecule has 0 aromatic heterocycles. The first-order chi connectivity index (χ1) is 16.6. The molecule has 0 radical (unpaired) electrons. The molecule has 1 atom stereocenters. The summed E-state index contributed by atoms with van der Waals surface area (Å²) in [6, 6.07) is 10.2. The summed E-state index contributed by atoms with van der Waals surface area (Å²) in [5.74, 6) is 3.06. The Morgan fingerprint density at radius 2 is 1.89 bits per heavy atom. The summed E-state index contributed by atoms with van der Waals surface area (Å²) in [5, 5.41) is 3.79. The number of hydrazine groups is 1. The van der Waals surface area contributed by atoms with Gasteiger partial charge in [0, 0.05) is 23.9 Å². The van der Waals surface area contributed by atoms with E-state index in [-0.39, 0.29) is 13.2 Å². The van der Waals surface area contributed by atoms with Crippen LogP contribution in [-0.2, 0) is 20.9 Å². The van der Waals surface area contributed by atoms with Gasteiger partial charge in [0.1, 0.15) is 12.4 Å². The molecular formula is C26H31N3O6. The fourth-order valence-electron chi connectivity index (χ4n) is 3.73. The lowest BCUT2D eigenvalue weighted by Crippen LogP contribution is -2.37. The van der Waals surface area contributed by atoms with Crippen molar-refractivity contribution in [3.8, 4) is 5.75 Å². The van der Waals surface area contributed by atoms with Crippen LogP contribution in [0.25, 0.3) is 0 Å². The Kier molecular flexibility index (Phi) is 8.24. The maximum absolute atomic E-state index is 12.7. The monoisotopic (exact) mass is 481 g/mol. The molecule has 0 heterocycles. The van der Waals surface area contributed by atoms with E-state index in [0.717, 1.165) is 29.0 Å². The minimum Gasteiger partial charge on any atom is -0.489 e. The van der Waals surface area contributed by atoms with Gasteiger partial charge in [-0.25, -0.2) is 15.4 Å². The number of nitrogens with two attached hydrogens (primary N) is 1. The van der Waals surface area contributed by atoms with E-state index in [1.807, 2.05) is 18.2 Å². The quantitative estimate of drug-likeness (QED) is 0.101. The number of rotatable bonds is 10. The van der Waals surface area contributed by atoms with Crippen molar-refractivity contribution in [2.75, 3.05) is 19.0 Å². The molecule has 2 aromatic carbocycles. The first-order valence-electron chi connectivity index (χ1n) is 11.5. The van der Waals surface area contributed by atoms with E-state index in [0.29, 0.717) is 28.5 Å². The SMILES string of the molecule is CCOC(=O)C(=O)C(C)C(=O)c1ccc(OCc2c(NC(=O)N(C)N)cccc2C2CC2)c(C)c1. The van der Waals surface area contributed by atoms with Gasteiger partial charge < -0.3 is 14.8 Å². The molecule has 0 spiro atoms. The number of amides is 2. The predicted molar refractivity (Wildman–Crippen MR) is 130 cm³/mol. The number of benzene rings is 2. The zero-order valence-corrected chi connectivity index (χ0v) is 20.4. The lowest BCUT2D eigenvalue weighted by molar-refractivity contribution is -0.154. The highest BCUT2D eigenvalue weighted by molar-refractivity contribution is 6.39. The van der Waals surface area contributed by atoms with E-state index in [4.69, 9.17) is 15.3 Å². The molecule has 1 saturated carbocycles. The van der Waals surface area contributed by atoms with Crippen molar-refractivity contribution >= 4 is 29.3 Å². The second-order valence-electron chi connectivity index (χ2n) is 8.63. The number of hydrogen-bond donors (Lipinski definition) is 2. The average Bonchev–Trinajstić information content (AvgIpc) is 3.67. The summed E-state index contributed by atoms with van der Waals surface area (Å²) < 4.78 is 10.8. The van der Waals surface area contributed by atoms with E-state index >= 15 is 0 Å². The Labute approximate surface area is 204 Å². The minimum atomic E-state index is -1.14. The fraction of sp³-hybridized carbons (Fsp3) is 0.385. The van der Waals surface area contributed by atoms with Crippen LogP contribution in [0.15, 0.2) is 36.4 Å². The van der Waals surface area contributed by atoms with Gasteiger partial charge in [-0.1, -0.05) is 12.1 Å². The lowest BCUT2D eigenvalue weighted by Gasteiger charge is -2.19. The van der Waals surface area contributed by atoms with Crippen LogP contribution in [-0.4, -0.2) is 42.2 Å². The number of hydrogen-bond acceptors (Lipinski definition) is 7. The molecule has 2 amide bonds. The van der Waals surface area contributed by atoms with Crippen molar-refractivity contribution < 1.29 is 28.7 Å². The molecule has 186 valence electrons. The van der Waals surface area contributed by atoms with E-state index in [9.17, 15) is 19.2 Å². The number of nitrogens with one attached hydrogen (secondary N) is 1. The van der Waals surface area contributed by atoms with Crippen LogP contribution >= 0.6 is 0 Å². The van der Waals surface area contributed by atoms with Crippen molar-refractivity contribution in [2.45, 2.75) is 46.1 Å². The molecule has 3 rings (SSSR count). The number of ether oxygens (including phenoxy) is 2. The highest BCUT2D eigenvalue weighted by atomic mass is 16.5. The number of carbonyl (C=O) groups is 4. The molecule has 0 aliphatic heterocycles. The summed E-state index contributed by atoms with van der Waals surface area (Å²) in [7, 11) is 1.46. The fourth-order valence-corrected chi connectivity index (χ4v) is 3.73. The second-order valence-corrected chi connectivity index (χ2v) is 8.63. The smallest absolute Gasteiger partial charge is 0.375 e. The van der Waals surface area contributed by atoms with Crippen molar-refractivity contribution in [1.82, 2.24) is 5.01 Å². The number of carbonyl (C=O) groups excluding carboxylic acids is 4. The van der Waals surface area contributed by atoms with Gasteiger partial charge in [-0.3, -0.25) is 14.6 Å². The van der Waals surface area contributed by atoms with Crippen LogP contribution in [0, 0.1) is 12.8 Å². The molecular weight excluding hydrogens is 450 g/mol. The highest BCUT2D eigenvalue weighted by Gasteiger charge is 2.30. The number of esters is 1. The summed E-state index contributed by atoms with van der Waals surface area (Å²) in [6.07, 6.45) is 2.17. The van der Waals surface area contributed by atoms with Gasteiger partial charge in [-0.05, 0) is 74.9 Å². The van der Waals surface area contributed by atoms with Crippen LogP contribution in [0.5, 0.6) is 5.75 Å². The van der Waals surface area contributed by atoms with Gasteiger partial charge in [0.05, 0.1) is 12.5 Å². The molecule has 0 saturated heterocycles. The molecule has 1 fully saturated rings. The van der Waals surface area contributed by atoms with E-state index < -0.39 is 29.5 Å². The Morgan fingerprint density at radius 1 is 1.17 bits per heavy atom. The molecule has 1 aliphatic carbocycles. The van der Waals surface area contributed by atoms with E-state index in [2.05, 4.69) is 5.32 Å². The first-order valence-corrected chi connectivity index (χ1v) is 11.5. The zero-order valence-electron chi connectivity index (χ0n) is 20.4. The van der Waals surface area contributed by atoms with Crippen molar-refractivity contribution in [3.63, 3.8) is 0 Å². The Morgan fingerprint density at radius 3 is 2.49 bits per heavy atom. The van der Waals surface area contributed by atoms with E-state index in [1.54, 1.807) is 32.0 Å². The van der Waals surface area contributed by atoms with Gasteiger partial charge in [-0.2, -0.15) is 0 Å². The van der Waals surface area contributed by atoms with Crippen LogP contribution in [0.2, 0.25) is 0 Å². The number of aryl methyl sites for hydroxylation is 1. The summed E-state index contributed by atoms with van der Waals surface area (Å²) in [5.41, 5.74) is 3.63. The number of nitrogens with zero attached hydrogens (tertiary/aromatic N) is 1. The lowest BCUT2D eigenvalue weighted by atomic mass is 9.94. The van der Waals surface area contributed by atoms with Crippen LogP contribution in [0.4, 0.5) is 10.5 Å². The third kappa shape index (κ3) is 6.24. The molecule has 9 nitrogen and oxygen atoms in total. The normalized spacial score (nSPS) is 13.5. The van der Waals surface area contributed by atoms with E-state index in [1.165, 1.54) is 14.0 Å². The summed E-state index contributed by atoms with van der Waals surface area (Å²) in [4.78, 5) is 48.7. The van der Waals surface area contributed by atoms with Gasteiger partial charge >= 0.3 is 12.0 Å². The van der Waals surface area contributed by atoms with Crippen molar-refractivity contribution in [3.05, 3.63) is 58.7 Å². The van der Waals surface area contributed by atoms with Crippen LogP contribution < -0.4 is 15.9 Å². The molecule has 3 N–H and O–H groups in total. The van der Waals surface area contributed by atoms with Gasteiger partial charge in [0.15, 0.2) is 5.78 Å². The molecule has 9 heteroatoms. The maximum atomic E-state index is 12.7. The Hall–Kier alpha value is -3.72. The minimum absolute atomic E-state index is 0.0643. The standard InChI is InChI=1S/C26H31N3O6/c1-5-34-25(32)24(31)16(3)23(30)18-11-12-22(15(2)13-18)35-14-20-19(17-9-10-17)7-6-8-21(20)28-26(33)29(4)27/h6-8,11-13,16-17H,5,9-10,14,27H2,1-4H3,(H,28,33). The highest BCUT2D eigenvalue weighted by Crippen LogP contribution is 2.43. The molecule has 1 unspecified atom stereocenters. The van der Waals surface area contributed by atoms with Crippen molar-refractivity contribution in [1.29, 1.82) is 0 Å². The third-order valence-electron chi connectivity index (χ3n) is 5.89. The van der Waals surface area contributed by atoms with Crippen LogP contribution in [0.1, 0.15) is 59.7 Å². The summed E-state index contributed by atoms with van der Waals surface area (Å²) in [6.45, 7) is 5.06. The van der Waals surface area contributed by atoms with Gasteiger partial charge in [0.2, 0.25) is 0 Å². The first kappa shape index (κ1) is 25.9. The number of ketones is 2.